The highest BCUT2D eigenvalue weighted by molar-refractivity contribution is 6.35. The minimum absolute atomic E-state index is 0.142. The van der Waals surface area contributed by atoms with E-state index in [4.69, 9.17) is 28.0 Å². The largest absolute Gasteiger partial charge is 0.397 e. The molecule has 1 amide bonds. The molecule has 11 heteroatoms. The molecular formula is C22H17Cl2F5N2O2. The standard InChI is InChI=1S/C22H17Cl2F5N2O2/c1-20(14-6-15(23)19(25)16(24)7-14)8-17(30-33-20)12-2-4-13(5-3-12)21(26)10-31(11-21)18(32)9-22(27,28)29/h2-7H,8-11H2,1H3. The summed E-state index contributed by atoms with van der Waals surface area (Å²) < 4.78 is 65.9. The van der Waals surface area contributed by atoms with Gasteiger partial charge in [-0.15, -0.1) is 0 Å². The van der Waals surface area contributed by atoms with Crippen LogP contribution in [-0.2, 0) is 20.9 Å². The number of alkyl halides is 4. The maximum absolute atomic E-state index is 15.1. The molecule has 0 radical (unpaired) electrons. The Morgan fingerprint density at radius 1 is 1.12 bits per heavy atom. The van der Waals surface area contributed by atoms with E-state index in [9.17, 15) is 22.4 Å². The van der Waals surface area contributed by atoms with Crippen LogP contribution < -0.4 is 0 Å². The van der Waals surface area contributed by atoms with Gasteiger partial charge in [0.25, 0.3) is 0 Å². The molecule has 33 heavy (non-hydrogen) atoms. The lowest BCUT2D eigenvalue weighted by Crippen LogP contribution is -2.59. The molecule has 0 aromatic heterocycles. The van der Waals surface area contributed by atoms with Crippen molar-refractivity contribution >= 4 is 34.8 Å². The number of halogens is 7. The number of hydrogen-bond donors (Lipinski definition) is 0. The van der Waals surface area contributed by atoms with Crippen LogP contribution in [0.15, 0.2) is 41.6 Å². The van der Waals surface area contributed by atoms with Crippen molar-refractivity contribution in [3.63, 3.8) is 0 Å². The zero-order chi connectivity index (χ0) is 24.2. The number of carbonyl (C=O) groups is 1. The van der Waals surface area contributed by atoms with Gasteiger partial charge in [-0.25, -0.2) is 8.78 Å². The molecule has 0 N–H and O–H groups in total. The molecule has 2 heterocycles. The summed E-state index contributed by atoms with van der Waals surface area (Å²) in [6.45, 7) is 0.875. The molecule has 1 fully saturated rings. The zero-order valence-corrected chi connectivity index (χ0v) is 18.7. The van der Waals surface area contributed by atoms with Crippen LogP contribution in [0.2, 0.25) is 10.0 Å². The van der Waals surface area contributed by atoms with Crippen LogP contribution in [0.4, 0.5) is 22.0 Å². The number of nitrogens with zero attached hydrogens (tertiary/aromatic N) is 2. The maximum atomic E-state index is 15.1. The monoisotopic (exact) mass is 506 g/mol. The molecule has 4 rings (SSSR count). The van der Waals surface area contributed by atoms with Gasteiger partial charge in [0.2, 0.25) is 5.91 Å². The van der Waals surface area contributed by atoms with E-state index in [-0.39, 0.29) is 15.6 Å². The third-order valence-electron chi connectivity index (χ3n) is 5.78. The fourth-order valence-corrected chi connectivity index (χ4v) is 4.36. The van der Waals surface area contributed by atoms with Crippen LogP contribution in [0.25, 0.3) is 0 Å². The summed E-state index contributed by atoms with van der Waals surface area (Å²) in [4.78, 5) is 18.0. The molecule has 0 bridgehead atoms. The Balaban J connectivity index is 1.43. The Morgan fingerprint density at radius 2 is 1.70 bits per heavy atom. The summed E-state index contributed by atoms with van der Waals surface area (Å²) in [6.07, 6.45) is -5.92. The van der Waals surface area contributed by atoms with Crippen LogP contribution in [0.1, 0.15) is 36.5 Å². The van der Waals surface area contributed by atoms with E-state index in [2.05, 4.69) is 5.16 Å². The first kappa shape index (κ1) is 23.8. The van der Waals surface area contributed by atoms with Crippen LogP contribution in [0.5, 0.6) is 0 Å². The Hall–Kier alpha value is -2.39. The first-order chi connectivity index (χ1) is 15.3. The number of oxime groups is 1. The summed E-state index contributed by atoms with van der Waals surface area (Å²) in [5, 5.41) is 3.81. The highest BCUT2D eigenvalue weighted by Crippen LogP contribution is 2.41. The highest BCUT2D eigenvalue weighted by atomic mass is 35.5. The van der Waals surface area contributed by atoms with Gasteiger partial charge in [0.05, 0.1) is 28.8 Å². The van der Waals surface area contributed by atoms with E-state index >= 15 is 4.39 Å². The summed E-state index contributed by atoms with van der Waals surface area (Å²) >= 11 is 11.8. The molecule has 2 aromatic rings. The molecule has 0 saturated carbocycles. The molecular weight excluding hydrogens is 490 g/mol. The molecule has 2 aromatic carbocycles. The first-order valence-corrected chi connectivity index (χ1v) is 10.6. The van der Waals surface area contributed by atoms with E-state index in [1.54, 1.807) is 19.1 Å². The Kier molecular flexibility index (Phi) is 5.85. The van der Waals surface area contributed by atoms with Gasteiger partial charge in [0.1, 0.15) is 6.42 Å². The van der Waals surface area contributed by atoms with Crippen LogP contribution >= 0.6 is 23.2 Å². The lowest BCUT2D eigenvalue weighted by atomic mass is 9.85. The molecule has 1 saturated heterocycles. The quantitative estimate of drug-likeness (QED) is 0.369. The Morgan fingerprint density at radius 3 is 2.24 bits per heavy atom. The van der Waals surface area contributed by atoms with Crippen molar-refractivity contribution in [3.05, 3.63) is 69.0 Å². The first-order valence-electron chi connectivity index (χ1n) is 9.84. The molecule has 4 nitrogen and oxygen atoms in total. The minimum Gasteiger partial charge on any atom is -0.384 e. The van der Waals surface area contributed by atoms with Crippen LogP contribution in [0.3, 0.4) is 0 Å². The SMILES string of the molecule is CC1(c2cc(Cl)c(F)c(Cl)c2)CC(c2ccc(C3(F)CN(C(=O)CC(F)(F)F)C3)cc2)=NO1. The lowest BCUT2D eigenvalue weighted by Gasteiger charge is -2.44. The zero-order valence-electron chi connectivity index (χ0n) is 17.1. The summed E-state index contributed by atoms with van der Waals surface area (Å²) in [7, 11) is 0. The average Bonchev–Trinajstić information content (AvgIpc) is 3.11. The molecule has 2 aliphatic rings. The second-order valence-corrected chi connectivity index (χ2v) is 9.19. The minimum atomic E-state index is -4.63. The van der Waals surface area contributed by atoms with Crippen LogP contribution in [0, 0.1) is 5.82 Å². The van der Waals surface area contributed by atoms with Crippen molar-refractivity contribution in [2.24, 2.45) is 5.16 Å². The van der Waals surface area contributed by atoms with Gasteiger partial charge in [-0.3, -0.25) is 4.79 Å². The third-order valence-corrected chi connectivity index (χ3v) is 6.33. The number of amides is 1. The Bertz CT molecular complexity index is 1110. The lowest BCUT2D eigenvalue weighted by molar-refractivity contribution is -0.171. The summed E-state index contributed by atoms with van der Waals surface area (Å²) in [5.41, 5.74) is -0.858. The van der Waals surface area contributed by atoms with Gasteiger partial charge in [0, 0.05) is 12.0 Å². The highest BCUT2D eigenvalue weighted by Gasteiger charge is 2.49. The molecule has 2 aliphatic heterocycles. The molecule has 1 unspecified atom stereocenters. The van der Waals surface area contributed by atoms with Crippen LogP contribution in [-0.4, -0.2) is 35.8 Å². The van der Waals surface area contributed by atoms with E-state index in [1.807, 2.05) is 0 Å². The fraction of sp³-hybridized carbons (Fsp3) is 0.364. The van der Waals surface area contributed by atoms with E-state index in [0.29, 0.717) is 23.3 Å². The summed E-state index contributed by atoms with van der Waals surface area (Å²) in [6, 6.07) is 9.08. The predicted molar refractivity (Wildman–Crippen MR) is 112 cm³/mol. The molecule has 1 atom stereocenters. The number of hydrogen-bond acceptors (Lipinski definition) is 3. The van der Waals surface area contributed by atoms with Gasteiger partial charge in [0.15, 0.2) is 17.1 Å². The van der Waals surface area contributed by atoms with Gasteiger partial charge in [-0.05, 0) is 30.2 Å². The second-order valence-electron chi connectivity index (χ2n) is 8.38. The van der Waals surface area contributed by atoms with Gasteiger partial charge in [-0.1, -0.05) is 52.6 Å². The van der Waals surface area contributed by atoms with E-state index in [0.717, 1.165) is 4.90 Å². The van der Waals surface area contributed by atoms with Gasteiger partial charge >= 0.3 is 6.18 Å². The topological polar surface area (TPSA) is 41.9 Å². The molecule has 0 spiro atoms. The average molecular weight is 507 g/mol. The predicted octanol–water partition coefficient (Wildman–Crippen LogP) is 6.13. The fourth-order valence-electron chi connectivity index (χ4n) is 3.87. The molecule has 176 valence electrons. The Labute approximate surface area is 195 Å². The molecule has 0 aliphatic carbocycles. The third kappa shape index (κ3) is 4.66. The smallest absolute Gasteiger partial charge is 0.384 e. The van der Waals surface area contributed by atoms with E-state index in [1.165, 1.54) is 24.3 Å². The maximum Gasteiger partial charge on any atom is 0.397 e. The van der Waals surface area contributed by atoms with E-state index < -0.39 is 48.7 Å². The summed E-state index contributed by atoms with van der Waals surface area (Å²) in [5.74, 6) is -1.87. The number of benzene rings is 2. The van der Waals surface area contributed by atoms with Crippen molar-refractivity contribution in [2.75, 3.05) is 13.1 Å². The second kappa shape index (κ2) is 8.13. The van der Waals surface area contributed by atoms with Crippen molar-refractivity contribution in [1.29, 1.82) is 0 Å². The van der Waals surface area contributed by atoms with Crippen molar-refractivity contribution < 1.29 is 31.6 Å². The van der Waals surface area contributed by atoms with Crippen molar-refractivity contribution in [2.45, 2.75) is 37.2 Å². The number of likely N-dealkylation sites (tertiary alicyclic amines) is 1. The van der Waals surface area contributed by atoms with Gasteiger partial charge in [-0.2, -0.15) is 13.2 Å². The van der Waals surface area contributed by atoms with Crippen molar-refractivity contribution in [1.82, 2.24) is 4.90 Å². The van der Waals surface area contributed by atoms with Gasteiger partial charge < -0.3 is 9.74 Å². The number of rotatable bonds is 4. The number of carbonyl (C=O) groups excluding carboxylic acids is 1. The van der Waals surface area contributed by atoms with Crippen molar-refractivity contribution in [3.8, 4) is 0 Å². The normalized spacial score (nSPS) is 21.9.